The quantitative estimate of drug-likeness (QED) is 0.632. The first-order chi connectivity index (χ1) is 7.59. The topological polar surface area (TPSA) is 58.8 Å². The second-order valence-corrected chi connectivity index (χ2v) is 4.95. The summed E-state index contributed by atoms with van der Waals surface area (Å²) in [5.41, 5.74) is 5.88. The Morgan fingerprint density at radius 3 is 2.69 bits per heavy atom. The first-order valence-corrected chi connectivity index (χ1v) is 5.92. The number of carbonyl (C=O) groups is 1. The van der Waals surface area contributed by atoms with Crippen molar-refractivity contribution in [3.05, 3.63) is 0 Å². The summed E-state index contributed by atoms with van der Waals surface area (Å²) >= 11 is 0. The van der Waals surface area contributed by atoms with Crippen LogP contribution in [0.4, 0.5) is 0 Å². The van der Waals surface area contributed by atoms with Gasteiger partial charge >= 0.3 is 0 Å². The van der Waals surface area contributed by atoms with Crippen LogP contribution in [-0.2, 0) is 9.53 Å². The monoisotopic (exact) mass is 227 g/mol. The van der Waals surface area contributed by atoms with Crippen LogP contribution in [0.5, 0.6) is 0 Å². The summed E-state index contributed by atoms with van der Waals surface area (Å²) in [5.74, 6) is 0.0384. The van der Waals surface area contributed by atoms with Crippen LogP contribution in [0.2, 0.25) is 0 Å². The minimum atomic E-state index is -0.133. The highest BCUT2D eigenvalue weighted by atomic mass is 16.5. The number of nitrogens with two attached hydrogens (primary N) is 1. The van der Waals surface area contributed by atoms with Gasteiger partial charge in [-0.05, 0) is 14.0 Å². The fraction of sp³-hybridized carbons (Fsp3) is 0.909. The average Bonchev–Trinajstić information content (AvgIpc) is 2.63. The Kier molecular flexibility index (Phi) is 3.47. The Morgan fingerprint density at radius 1 is 1.38 bits per heavy atom. The predicted octanol–water partition coefficient (Wildman–Crippen LogP) is -0.877. The zero-order chi connectivity index (χ0) is 11.7. The number of rotatable bonds is 1. The van der Waals surface area contributed by atoms with Crippen molar-refractivity contribution < 1.29 is 9.53 Å². The largest absolute Gasteiger partial charge is 0.379 e. The summed E-state index contributed by atoms with van der Waals surface area (Å²) in [6.45, 7) is 5.78. The standard InChI is InChI=1S/C11H21N3O2/c1-8-5-13(2)3-4-14(8)11(15)9-6-16-7-10(9)12/h8-10H,3-7,12H2,1-2H3. The Labute approximate surface area is 96.5 Å². The molecule has 92 valence electrons. The van der Waals surface area contributed by atoms with Crippen LogP contribution in [0.15, 0.2) is 0 Å². The Bertz CT molecular complexity index is 272. The Hall–Kier alpha value is -0.650. The van der Waals surface area contributed by atoms with E-state index in [9.17, 15) is 4.79 Å². The van der Waals surface area contributed by atoms with Gasteiger partial charge in [0.05, 0.1) is 19.1 Å². The van der Waals surface area contributed by atoms with Gasteiger partial charge < -0.3 is 20.3 Å². The molecule has 0 aromatic heterocycles. The smallest absolute Gasteiger partial charge is 0.230 e. The zero-order valence-corrected chi connectivity index (χ0v) is 10.1. The third-order valence-electron chi connectivity index (χ3n) is 3.56. The summed E-state index contributed by atoms with van der Waals surface area (Å²) in [6.07, 6.45) is 0. The molecule has 5 heteroatoms. The molecule has 5 nitrogen and oxygen atoms in total. The van der Waals surface area contributed by atoms with E-state index in [2.05, 4.69) is 18.9 Å². The molecule has 0 radical (unpaired) electrons. The normalized spacial score (nSPS) is 36.7. The maximum atomic E-state index is 12.3. The van der Waals surface area contributed by atoms with E-state index >= 15 is 0 Å². The van der Waals surface area contributed by atoms with Crippen LogP contribution in [0.1, 0.15) is 6.92 Å². The molecule has 2 aliphatic rings. The third kappa shape index (κ3) is 2.21. The molecule has 3 atom stereocenters. The molecule has 0 bridgehead atoms. The molecule has 16 heavy (non-hydrogen) atoms. The molecule has 0 aliphatic carbocycles. The van der Waals surface area contributed by atoms with E-state index in [1.807, 2.05) is 4.90 Å². The van der Waals surface area contributed by atoms with Crippen LogP contribution in [0.3, 0.4) is 0 Å². The van der Waals surface area contributed by atoms with Gasteiger partial charge in [-0.15, -0.1) is 0 Å². The molecule has 0 saturated carbocycles. The maximum absolute atomic E-state index is 12.3. The van der Waals surface area contributed by atoms with E-state index in [0.717, 1.165) is 19.6 Å². The van der Waals surface area contributed by atoms with Gasteiger partial charge in [-0.1, -0.05) is 0 Å². The van der Waals surface area contributed by atoms with Crippen molar-refractivity contribution >= 4 is 5.91 Å². The van der Waals surface area contributed by atoms with Crippen molar-refractivity contribution in [1.82, 2.24) is 9.80 Å². The van der Waals surface area contributed by atoms with Gasteiger partial charge in [-0.2, -0.15) is 0 Å². The van der Waals surface area contributed by atoms with Crippen molar-refractivity contribution in [3.63, 3.8) is 0 Å². The van der Waals surface area contributed by atoms with Gasteiger partial charge in [0.15, 0.2) is 0 Å². The molecule has 2 rings (SSSR count). The summed E-state index contributed by atoms with van der Waals surface area (Å²) in [7, 11) is 2.09. The first kappa shape index (κ1) is 11.8. The molecular formula is C11H21N3O2. The Balaban J connectivity index is 1.98. The molecule has 2 aliphatic heterocycles. The third-order valence-corrected chi connectivity index (χ3v) is 3.56. The van der Waals surface area contributed by atoms with E-state index in [0.29, 0.717) is 13.2 Å². The van der Waals surface area contributed by atoms with E-state index in [4.69, 9.17) is 10.5 Å². The summed E-state index contributed by atoms with van der Waals surface area (Å²) in [4.78, 5) is 16.5. The van der Waals surface area contributed by atoms with E-state index in [-0.39, 0.29) is 23.9 Å². The van der Waals surface area contributed by atoms with Gasteiger partial charge in [-0.3, -0.25) is 4.79 Å². The number of amides is 1. The van der Waals surface area contributed by atoms with Crippen molar-refractivity contribution in [1.29, 1.82) is 0 Å². The van der Waals surface area contributed by atoms with E-state index in [1.165, 1.54) is 0 Å². The minimum Gasteiger partial charge on any atom is -0.379 e. The van der Waals surface area contributed by atoms with Gasteiger partial charge in [0.25, 0.3) is 0 Å². The summed E-state index contributed by atoms with van der Waals surface area (Å²) in [6, 6.07) is 0.151. The molecule has 0 aromatic carbocycles. The molecule has 1 amide bonds. The number of carbonyl (C=O) groups excluding carboxylic acids is 1. The molecule has 2 saturated heterocycles. The van der Waals surface area contributed by atoms with Crippen molar-refractivity contribution in [3.8, 4) is 0 Å². The lowest BCUT2D eigenvalue weighted by Gasteiger charge is -2.39. The fourth-order valence-electron chi connectivity index (χ4n) is 2.51. The minimum absolute atomic E-state index is 0.126. The molecule has 0 spiro atoms. The van der Waals surface area contributed by atoms with Crippen molar-refractivity contribution in [2.75, 3.05) is 39.9 Å². The van der Waals surface area contributed by atoms with Crippen LogP contribution < -0.4 is 5.73 Å². The van der Waals surface area contributed by atoms with Gasteiger partial charge in [0, 0.05) is 31.7 Å². The predicted molar refractivity (Wildman–Crippen MR) is 61.0 cm³/mol. The summed E-state index contributed by atoms with van der Waals surface area (Å²) < 4.78 is 5.25. The zero-order valence-electron chi connectivity index (χ0n) is 10.1. The van der Waals surface area contributed by atoms with Gasteiger partial charge in [0.1, 0.15) is 0 Å². The van der Waals surface area contributed by atoms with Gasteiger partial charge in [-0.25, -0.2) is 0 Å². The van der Waals surface area contributed by atoms with Crippen molar-refractivity contribution in [2.45, 2.75) is 19.0 Å². The number of likely N-dealkylation sites (N-methyl/N-ethyl adjacent to an activating group) is 1. The fourth-order valence-corrected chi connectivity index (χ4v) is 2.51. The van der Waals surface area contributed by atoms with Crippen LogP contribution in [-0.4, -0.2) is 67.7 Å². The van der Waals surface area contributed by atoms with E-state index < -0.39 is 0 Å². The maximum Gasteiger partial charge on any atom is 0.230 e. The highest BCUT2D eigenvalue weighted by Gasteiger charge is 2.37. The molecule has 2 fully saturated rings. The molecule has 3 unspecified atom stereocenters. The average molecular weight is 227 g/mol. The number of hydrogen-bond acceptors (Lipinski definition) is 4. The first-order valence-electron chi connectivity index (χ1n) is 5.92. The second kappa shape index (κ2) is 4.69. The lowest BCUT2D eigenvalue weighted by Crippen LogP contribution is -2.56. The van der Waals surface area contributed by atoms with Crippen LogP contribution in [0.25, 0.3) is 0 Å². The summed E-state index contributed by atoms with van der Waals surface area (Å²) in [5, 5.41) is 0. The Morgan fingerprint density at radius 2 is 2.12 bits per heavy atom. The lowest BCUT2D eigenvalue weighted by molar-refractivity contribution is -0.140. The van der Waals surface area contributed by atoms with Crippen molar-refractivity contribution in [2.24, 2.45) is 11.7 Å². The highest BCUT2D eigenvalue weighted by Crippen LogP contribution is 2.18. The van der Waals surface area contributed by atoms with Gasteiger partial charge in [0.2, 0.25) is 5.91 Å². The number of ether oxygens (including phenoxy) is 1. The van der Waals surface area contributed by atoms with E-state index in [1.54, 1.807) is 0 Å². The number of hydrogen-bond donors (Lipinski definition) is 1. The van der Waals surface area contributed by atoms with Crippen LogP contribution in [0, 0.1) is 5.92 Å². The number of nitrogens with zero attached hydrogens (tertiary/aromatic N) is 2. The SMILES string of the molecule is CC1CN(C)CCN1C(=O)C1COCC1N. The molecule has 0 aromatic rings. The molecular weight excluding hydrogens is 206 g/mol. The number of piperazine rings is 1. The molecule has 2 N–H and O–H groups in total. The highest BCUT2D eigenvalue weighted by molar-refractivity contribution is 5.80. The molecule has 2 heterocycles. The second-order valence-electron chi connectivity index (χ2n) is 4.95. The van der Waals surface area contributed by atoms with Crippen LogP contribution >= 0.6 is 0 Å². The lowest BCUT2D eigenvalue weighted by atomic mass is 10.0.